The van der Waals surface area contributed by atoms with Crippen LogP contribution >= 0.6 is 0 Å². The lowest BCUT2D eigenvalue weighted by Gasteiger charge is -2.32. The highest BCUT2D eigenvalue weighted by Crippen LogP contribution is 2.22. The summed E-state index contributed by atoms with van der Waals surface area (Å²) in [5, 5.41) is 2.77. The molecular formula is C18H16F4N2O3. The van der Waals surface area contributed by atoms with Crippen molar-refractivity contribution < 1.29 is 31.6 Å². The van der Waals surface area contributed by atoms with Gasteiger partial charge in [0.2, 0.25) is 0 Å². The average Bonchev–Trinajstić information content (AvgIpc) is 3.09. The fraction of sp³-hybridized carbons (Fsp3) is 0.333. The first-order valence-corrected chi connectivity index (χ1v) is 8.27. The molecular weight excluding hydrogens is 368 g/mol. The van der Waals surface area contributed by atoms with Gasteiger partial charge < -0.3 is 14.6 Å². The molecule has 0 saturated carbocycles. The maximum Gasteiger partial charge on any atom is 0.287 e. The van der Waals surface area contributed by atoms with Crippen molar-refractivity contribution in [1.29, 1.82) is 0 Å². The molecule has 144 valence electrons. The van der Waals surface area contributed by atoms with E-state index in [1.807, 2.05) is 0 Å². The Morgan fingerprint density at radius 1 is 1.07 bits per heavy atom. The molecule has 1 aliphatic rings. The molecule has 1 fully saturated rings. The maximum atomic E-state index is 13.8. The van der Waals surface area contributed by atoms with Crippen molar-refractivity contribution >= 4 is 11.8 Å². The van der Waals surface area contributed by atoms with E-state index in [-0.39, 0.29) is 30.8 Å². The quantitative estimate of drug-likeness (QED) is 0.502. The van der Waals surface area contributed by atoms with Crippen LogP contribution < -0.4 is 5.32 Å². The lowest BCUT2D eigenvalue weighted by molar-refractivity contribution is 0.0689. The molecule has 5 nitrogen and oxygen atoms in total. The number of carbonyl (C=O) groups is 2. The summed E-state index contributed by atoms with van der Waals surface area (Å²) >= 11 is 0. The zero-order valence-corrected chi connectivity index (χ0v) is 14.3. The van der Waals surface area contributed by atoms with Gasteiger partial charge in [-0.2, -0.15) is 0 Å². The summed E-state index contributed by atoms with van der Waals surface area (Å²) < 4.78 is 58.7. The topological polar surface area (TPSA) is 62.6 Å². The molecule has 2 amide bonds. The number of likely N-dealkylation sites (tertiary alicyclic amines) is 1. The van der Waals surface area contributed by atoms with Gasteiger partial charge in [-0.3, -0.25) is 9.59 Å². The van der Waals surface area contributed by atoms with E-state index in [4.69, 9.17) is 4.42 Å². The zero-order valence-electron chi connectivity index (χ0n) is 14.3. The molecule has 0 spiro atoms. The summed E-state index contributed by atoms with van der Waals surface area (Å²) in [5.41, 5.74) is -0.861. The number of halogens is 4. The molecule has 9 heteroatoms. The number of nitrogens with one attached hydrogen (secondary N) is 1. The van der Waals surface area contributed by atoms with Crippen molar-refractivity contribution in [1.82, 2.24) is 10.2 Å². The van der Waals surface area contributed by atoms with Gasteiger partial charge in [-0.1, -0.05) is 0 Å². The third-order valence-electron chi connectivity index (χ3n) is 4.41. The van der Waals surface area contributed by atoms with Crippen LogP contribution in [0.25, 0.3) is 0 Å². The lowest BCUT2D eigenvalue weighted by Crippen LogP contribution is -2.46. The number of benzene rings is 1. The largest absolute Gasteiger partial charge is 0.456 e. The van der Waals surface area contributed by atoms with E-state index in [1.165, 1.54) is 4.90 Å². The number of furan rings is 1. The highest BCUT2D eigenvalue weighted by atomic mass is 19.2. The van der Waals surface area contributed by atoms with Crippen LogP contribution in [0.1, 0.15) is 39.5 Å². The van der Waals surface area contributed by atoms with E-state index in [9.17, 15) is 27.2 Å². The van der Waals surface area contributed by atoms with Crippen LogP contribution in [0.3, 0.4) is 0 Å². The molecule has 1 saturated heterocycles. The van der Waals surface area contributed by atoms with E-state index in [0.717, 1.165) is 0 Å². The summed E-state index contributed by atoms with van der Waals surface area (Å²) in [5.74, 6) is -7.88. The Morgan fingerprint density at radius 2 is 1.74 bits per heavy atom. The first kappa shape index (κ1) is 18.9. The Balaban J connectivity index is 1.62. The molecule has 3 rings (SSSR count). The molecule has 0 unspecified atom stereocenters. The summed E-state index contributed by atoms with van der Waals surface area (Å²) in [6.45, 7) is 1.99. The molecule has 1 aromatic heterocycles. The van der Waals surface area contributed by atoms with Gasteiger partial charge in [0.15, 0.2) is 29.0 Å². The second kappa shape index (κ2) is 7.42. The van der Waals surface area contributed by atoms with Crippen LogP contribution in [0, 0.1) is 30.2 Å². The third kappa shape index (κ3) is 3.81. The van der Waals surface area contributed by atoms with Crippen molar-refractivity contribution in [2.24, 2.45) is 0 Å². The van der Waals surface area contributed by atoms with Crippen molar-refractivity contribution in [2.75, 3.05) is 13.1 Å². The Labute approximate surface area is 151 Å². The number of hydrogen-bond acceptors (Lipinski definition) is 3. The fourth-order valence-corrected chi connectivity index (χ4v) is 2.94. The number of piperidine rings is 1. The van der Waals surface area contributed by atoms with Crippen molar-refractivity contribution in [3.8, 4) is 0 Å². The molecule has 1 N–H and O–H groups in total. The Morgan fingerprint density at radius 3 is 2.33 bits per heavy atom. The smallest absolute Gasteiger partial charge is 0.287 e. The number of amides is 2. The van der Waals surface area contributed by atoms with Gasteiger partial charge in [0.05, 0.1) is 5.56 Å². The molecule has 2 aromatic rings. The first-order valence-electron chi connectivity index (χ1n) is 8.27. The first-order chi connectivity index (χ1) is 12.8. The van der Waals surface area contributed by atoms with Crippen LogP contribution in [-0.2, 0) is 0 Å². The minimum atomic E-state index is -2.02. The van der Waals surface area contributed by atoms with Crippen LogP contribution in [0.2, 0.25) is 0 Å². The summed E-state index contributed by atoms with van der Waals surface area (Å²) in [4.78, 5) is 25.6. The number of nitrogens with zero attached hydrogens (tertiary/aromatic N) is 1. The number of hydrogen-bond donors (Lipinski definition) is 1. The Bertz CT molecular complexity index is 889. The third-order valence-corrected chi connectivity index (χ3v) is 4.41. The van der Waals surface area contributed by atoms with Crippen LogP contribution in [0.4, 0.5) is 17.6 Å². The minimum absolute atomic E-state index is 0.140. The van der Waals surface area contributed by atoms with Gasteiger partial charge in [-0.15, -0.1) is 0 Å². The molecule has 0 aliphatic carbocycles. The second-order valence-electron chi connectivity index (χ2n) is 6.30. The summed E-state index contributed by atoms with van der Waals surface area (Å²) in [7, 11) is 0. The van der Waals surface area contributed by atoms with Gasteiger partial charge in [0, 0.05) is 19.1 Å². The van der Waals surface area contributed by atoms with E-state index in [0.29, 0.717) is 24.7 Å². The average molecular weight is 384 g/mol. The van der Waals surface area contributed by atoms with Gasteiger partial charge >= 0.3 is 0 Å². The van der Waals surface area contributed by atoms with Gasteiger partial charge in [-0.05, 0) is 38.0 Å². The molecule has 2 heterocycles. The number of carbonyl (C=O) groups excluding carboxylic acids is 2. The van der Waals surface area contributed by atoms with Gasteiger partial charge in [-0.25, -0.2) is 17.6 Å². The molecule has 0 radical (unpaired) electrons. The molecule has 1 aromatic carbocycles. The Kier molecular flexibility index (Phi) is 5.20. The molecule has 27 heavy (non-hydrogen) atoms. The van der Waals surface area contributed by atoms with Crippen LogP contribution in [0.15, 0.2) is 22.6 Å². The van der Waals surface area contributed by atoms with E-state index >= 15 is 0 Å². The highest BCUT2D eigenvalue weighted by Gasteiger charge is 2.29. The van der Waals surface area contributed by atoms with Crippen molar-refractivity contribution in [2.45, 2.75) is 25.8 Å². The summed E-state index contributed by atoms with van der Waals surface area (Å²) in [6.07, 6.45) is 0.732. The van der Waals surface area contributed by atoms with E-state index in [1.54, 1.807) is 19.1 Å². The normalized spacial score (nSPS) is 15.1. The van der Waals surface area contributed by atoms with Gasteiger partial charge in [0.1, 0.15) is 5.76 Å². The number of rotatable bonds is 3. The number of aryl methyl sites for hydroxylation is 1. The maximum absolute atomic E-state index is 13.8. The molecule has 1 aliphatic heterocycles. The van der Waals surface area contributed by atoms with E-state index in [2.05, 4.69) is 5.32 Å². The molecule has 0 atom stereocenters. The standard InChI is InChI=1S/C18H16F4N2O3/c1-9-2-3-13(27-9)17(25)23-10-4-6-24(7-5-10)18(26)11-8-12(19)15(21)16(22)14(11)20/h2-3,8,10H,4-7H2,1H3,(H,23,25). The van der Waals surface area contributed by atoms with Crippen molar-refractivity contribution in [3.05, 3.63) is 58.6 Å². The van der Waals surface area contributed by atoms with E-state index < -0.39 is 34.7 Å². The zero-order chi connectivity index (χ0) is 19.7. The van der Waals surface area contributed by atoms with Crippen LogP contribution in [0.5, 0.6) is 0 Å². The molecule has 0 bridgehead atoms. The summed E-state index contributed by atoms with van der Waals surface area (Å²) in [6, 6.07) is 3.32. The predicted molar refractivity (Wildman–Crippen MR) is 86.1 cm³/mol. The highest BCUT2D eigenvalue weighted by molar-refractivity contribution is 5.94. The SMILES string of the molecule is Cc1ccc(C(=O)NC2CCN(C(=O)c3cc(F)c(F)c(F)c3F)CC2)o1. The predicted octanol–water partition coefficient (Wildman–Crippen LogP) is 3.18. The minimum Gasteiger partial charge on any atom is -0.456 e. The van der Waals surface area contributed by atoms with Crippen molar-refractivity contribution in [3.63, 3.8) is 0 Å². The second-order valence-corrected chi connectivity index (χ2v) is 6.30. The fourth-order valence-electron chi connectivity index (χ4n) is 2.94. The Hall–Kier alpha value is -2.84. The van der Waals surface area contributed by atoms with Gasteiger partial charge in [0.25, 0.3) is 11.8 Å². The monoisotopic (exact) mass is 384 g/mol. The lowest BCUT2D eigenvalue weighted by atomic mass is 10.0. The van der Waals surface area contributed by atoms with Crippen LogP contribution in [-0.4, -0.2) is 35.8 Å².